The van der Waals surface area contributed by atoms with Crippen LogP contribution in [0.15, 0.2) is 30.3 Å². The lowest BCUT2D eigenvalue weighted by Gasteiger charge is -1.97. The van der Waals surface area contributed by atoms with E-state index in [2.05, 4.69) is 9.82 Å². The molecule has 0 saturated carbocycles. The van der Waals surface area contributed by atoms with Crippen LogP contribution in [0.3, 0.4) is 0 Å². The van der Waals surface area contributed by atoms with Crippen LogP contribution >= 0.6 is 11.3 Å². The molecule has 2 aromatic heterocycles. The van der Waals surface area contributed by atoms with E-state index in [1.54, 1.807) is 17.4 Å². The van der Waals surface area contributed by atoms with Crippen molar-refractivity contribution < 1.29 is 4.84 Å². The topological polar surface area (TPSA) is 74.2 Å². The van der Waals surface area contributed by atoms with E-state index in [-0.39, 0.29) is 0 Å². The Labute approximate surface area is 91.5 Å². The Morgan fingerprint density at radius 3 is 2.87 bits per heavy atom. The molecule has 4 N–H and O–H groups in total. The normalized spacial score (nSPS) is 10.5. The van der Waals surface area contributed by atoms with Gasteiger partial charge in [-0.3, -0.25) is 4.84 Å². The number of hydrogen-bond donors (Lipinski definition) is 2. The number of thiophene rings is 1. The maximum absolute atomic E-state index is 5.61. The highest BCUT2D eigenvalue weighted by atomic mass is 32.1. The molecule has 0 spiro atoms. The molecule has 2 aromatic rings. The predicted molar refractivity (Wildman–Crippen MR) is 60.9 cm³/mol. The van der Waals surface area contributed by atoms with Crippen molar-refractivity contribution in [3.63, 3.8) is 0 Å². The van der Waals surface area contributed by atoms with Gasteiger partial charge in [-0.2, -0.15) is 0 Å². The van der Waals surface area contributed by atoms with Crippen molar-refractivity contribution in [3.05, 3.63) is 35.2 Å². The molecular weight excluding hydrogens is 210 g/mol. The SMILES string of the molecule is NOCc1ccc(-c2cccc(N)n2)s1. The van der Waals surface area contributed by atoms with E-state index in [9.17, 15) is 0 Å². The lowest BCUT2D eigenvalue weighted by molar-refractivity contribution is 0.126. The minimum Gasteiger partial charge on any atom is -0.384 e. The van der Waals surface area contributed by atoms with Crippen LogP contribution in [0, 0.1) is 0 Å². The molecule has 0 amide bonds. The summed E-state index contributed by atoms with van der Waals surface area (Å²) in [5, 5.41) is 0. The van der Waals surface area contributed by atoms with Gasteiger partial charge in [-0.25, -0.2) is 10.9 Å². The molecule has 0 fully saturated rings. The molecule has 0 aliphatic heterocycles. The summed E-state index contributed by atoms with van der Waals surface area (Å²) in [5.41, 5.74) is 6.49. The Balaban J connectivity index is 2.29. The molecule has 4 nitrogen and oxygen atoms in total. The number of rotatable bonds is 3. The van der Waals surface area contributed by atoms with Crippen LogP contribution in [0.1, 0.15) is 4.88 Å². The number of nitrogen functional groups attached to an aromatic ring is 1. The van der Waals surface area contributed by atoms with Crippen LogP contribution in [0.4, 0.5) is 5.82 Å². The van der Waals surface area contributed by atoms with Gasteiger partial charge in [0.15, 0.2) is 0 Å². The molecule has 2 heterocycles. The number of aromatic nitrogens is 1. The summed E-state index contributed by atoms with van der Waals surface area (Å²) in [6.45, 7) is 0.424. The largest absolute Gasteiger partial charge is 0.384 e. The fourth-order valence-electron chi connectivity index (χ4n) is 1.26. The van der Waals surface area contributed by atoms with Crippen LogP contribution in [-0.4, -0.2) is 4.98 Å². The van der Waals surface area contributed by atoms with Crippen LogP contribution < -0.4 is 11.6 Å². The summed E-state index contributed by atoms with van der Waals surface area (Å²) in [6.07, 6.45) is 0. The summed E-state index contributed by atoms with van der Waals surface area (Å²) in [4.78, 5) is 10.9. The number of nitrogens with zero attached hydrogens (tertiary/aromatic N) is 1. The van der Waals surface area contributed by atoms with Gasteiger partial charge in [0.1, 0.15) is 12.4 Å². The molecular formula is C10H11N3OS. The first kappa shape index (κ1) is 10.1. The van der Waals surface area contributed by atoms with E-state index in [0.29, 0.717) is 12.4 Å². The zero-order chi connectivity index (χ0) is 10.7. The first-order valence-electron chi connectivity index (χ1n) is 4.43. The van der Waals surface area contributed by atoms with Gasteiger partial charge in [0.25, 0.3) is 0 Å². The van der Waals surface area contributed by atoms with Gasteiger partial charge in [-0.1, -0.05) is 6.07 Å². The number of pyridine rings is 1. The first-order chi connectivity index (χ1) is 7.29. The van der Waals surface area contributed by atoms with E-state index in [1.807, 2.05) is 24.3 Å². The molecule has 5 heteroatoms. The molecule has 0 aliphatic rings. The molecule has 0 bridgehead atoms. The molecule has 0 unspecified atom stereocenters. The Bertz CT molecular complexity index is 455. The quantitative estimate of drug-likeness (QED) is 0.775. The second-order valence-electron chi connectivity index (χ2n) is 3.02. The van der Waals surface area contributed by atoms with Crippen molar-refractivity contribution in [2.45, 2.75) is 6.61 Å². The van der Waals surface area contributed by atoms with Gasteiger partial charge in [0.2, 0.25) is 0 Å². The van der Waals surface area contributed by atoms with E-state index in [1.165, 1.54) is 0 Å². The molecule has 0 atom stereocenters. The summed E-state index contributed by atoms with van der Waals surface area (Å²) in [7, 11) is 0. The van der Waals surface area contributed by atoms with Gasteiger partial charge in [0, 0.05) is 4.88 Å². The third-order valence-corrected chi connectivity index (χ3v) is 2.99. The minimum atomic E-state index is 0.424. The first-order valence-corrected chi connectivity index (χ1v) is 5.24. The molecule has 15 heavy (non-hydrogen) atoms. The smallest absolute Gasteiger partial charge is 0.124 e. The summed E-state index contributed by atoms with van der Waals surface area (Å²) in [6, 6.07) is 9.53. The Morgan fingerprint density at radius 2 is 2.13 bits per heavy atom. The maximum atomic E-state index is 5.61. The fourth-order valence-corrected chi connectivity index (χ4v) is 2.16. The van der Waals surface area contributed by atoms with E-state index < -0.39 is 0 Å². The monoisotopic (exact) mass is 221 g/mol. The van der Waals surface area contributed by atoms with Gasteiger partial charge in [-0.15, -0.1) is 11.3 Å². The second-order valence-corrected chi connectivity index (χ2v) is 4.19. The van der Waals surface area contributed by atoms with Crippen LogP contribution in [0.2, 0.25) is 0 Å². The van der Waals surface area contributed by atoms with Gasteiger partial charge in [-0.05, 0) is 24.3 Å². The van der Waals surface area contributed by atoms with E-state index in [0.717, 1.165) is 15.4 Å². The van der Waals surface area contributed by atoms with Crippen LogP contribution in [-0.2, 0) is 11.4 Å². The summed E-state index contributed by atoms with van der Waals surface area (Å²) >= 11 is 1.60. The molecule has 0 aliphatic carbocycles. The third-order valence-electron chi connectivity index (χ3n) is 1.91. The number of anilines is 1. The molecule has 78 valence electrons. The van der Waals surface area contributed by atoms with Crippen LogP contribution in [0.25, 0.3) is 10.6 Å². The lowest BCUT2D eigenvalue weighted by Crippen LogP contribution is -1.96. The fraction of sp³-hybridized carbons (Fsp3) is 0.100. The van der Waals surface area contributed by atoms with Crippen molar-refractivity contribution in [2.75, 3.05) is 5.73 Å². The average molecular weight is 221 g/mol. The van der Waals surface area contributed by atoms with Gasteiger partial charge >= 0.3 is 0 Å². The van der Waals surface area contributed by atoms with Crippen molar-refractivity contribution in [2.24, 2.45) is 5.90 Å². The molecule has 2 rings (SSSR count). The third kappa shape index (κ3) is 2.33. The van der Waals surface area contributed by atoms with Crippen molar-refractivity contribution >= 4 is 17.2 Å². The second kappa shape index (κ2) is 4.39. The highest BCUT2D eigenvalue weighted by Gasteiger charge is 2.04. The van der Waals surface area contributed by atoms with Gasteiger partial charge in [0.05, 0.1) is 10.6 Å². The zero-order valence-electron chi connectivity index (χ0n) is 8.01. The Hall–Kier alpha value is -1.43. The minimum absolute atomic E-state index is 0.424. The van der Waals surface area contributed by atoms with Crippen molar-refractivity contribution in [1.82, 2.24) is 4.98 Å². The van der Waals surface area contributed by atoms with Crippen LogP contribution in [0.5, 0.6) is 0 Å². The van der Waals surface area contributed by atoms with Gasteiger partial charge < -0.3 is 5.73 Å². The highest BCUT2D eigenvalue weighted by Crippen LogP contribution is 2.27. The zero-order valence-corrected chi connectivity index (χ0v) is 8.83. The van der Waals surface area contributed by atoms with E-state index in [4.69, 9.17) is 11.6 Å². The van der Waals surface area contributed by atoms with E-state index >= 15 is 0 Å². The summed E-state index contributed by atoms with van der Waals surface area (Å²) < 4.78 is 0. The molecule has 0 radical (unpaired) electrons. The summed E-state index contributed by atoms with van der Waals surface area (Å²) in [5.74, 6) is 5.53. The predicted octanol–water partition coefficient (Wildman–Crippen LogP) is 1.78. The standard InChI is InChI=1S/C10H11N3OS/c11-10-3-1-2-8(13-10)9-5-4-7(15-9)6-14-12/h1-5H,6,12H2,(H2,11,13). The number of nitrogens with two attached hydrogens (primary N) is 2. The average Bonchev–Trinajstić information content (AvgIpc) is 2.67. The van der Waals surface area contributed by atoms with Crippen molar-refractivity contribution in [3.8, 4) is 10.6 Å². The van der Waals surface area contributed by atoms with Crippen molar-refractivity contribution in [1.29, 1.82) is 0 Å². The molecule has 0 saturated heterocycles. The Kier molecular flexibility index (Phi) is 2.96. The number of hydrogen-bond acceptors (Lipinski definition) is 5. The highest BCUT2D eigenvalue weighted by molar-refractivity contribution is 7.15. The lowest BCUT2D eigenvalue weighted by atomic mass is 10.3. The Morgan fingerprint density at radius 1 is 1.27 bits per heavy atom. The molecule has 0 aromatic carbocycles. The maximum Gasteiger partial charge on any atom is 0.124 e.